The van der Waals surface area contributed by atoms with E-state index in [0.717, 1.165) is 13.0 Å². The Kier molecular flexibility index (Phi) is 5.24. The van der Waals surface area contributed by atoms with E-state index in [1.54, 1.807) is 11.7 Å². The van der Waals surface area contributed by atoms with E-state index in [2.05, 4.69) is 20.3 Å². The molecule has 1 amide bonds. The third kappa shape index (κ3) is 3.81. The van der Waals surface area contributed by atoms with Crippen molar-refractivity contribution < 1.29 is 4.79 Å². The van der Waals surface area contributed by atoms with Gasteiger partial charge in [-0.1, -0.05) is 6.42 Å². The number of piperidine rings is 1. The van der Waals surface area contributed by atoms with Crippen LogP contribution in [0.4, 0.5) is 0 Å². The van der Waals surface area contributed by atoms with Crippen molar-refractivity contribution in [2.75, 3.05) is 26.2 Å². The highest BCUT2D eigenvalue weighted by atomic mass is 16.2. The van der Waals surface area contributed by atoms with Crippen molar-refractivity contribution in [1.29, 1.82) is 0 Å². The number of aromatic nitrogens is 4. The molecule has 3 rings (SSSR count). The molecule has 0 spiro atoms. The zero-order valence-electron chi connectivity index (χ0n) is 14.1. The standard InChI is InChI=1S/C16H24N6O2/c1-20-15-13(10-19-20)16(24)22(12-18-15)11-14(23)17-6-5-9-21-7-3-2-4-8-21/h10,12H,2-9,11H2,1H3,(H,17,23). The van der Waals surface area contributed by atoms with E-state index in [1.165, 1.54) is 49.4 Å². The van der Waals surface area contributed by atoms with Crippen molar-refractivity contribution >= 4 is 16.9 Å². The Morgan fingerprint density at radius 2 is 2.08 bits per heavy atom. The first-order valence-corrected chi connectivity index (χ1v) is 8.51. The lowest BCUT2D eigenvalue weighted by Crippen LogP contribution is -2.35. The minimum Gasteiger partial charge on any atom is -0.354 e. The molecule has 0 saturated carbocycles. The number of nitrogens with one attached hydrogen (secondary N) is 1. The Bertz CT molecular complexity index is 760. The minimum atomic E-state index is -0.239. The van der Waals surface area contributed by atoms with Crippen molar-refractivity contribution in [3.63, 3.8) is 0 Å². The van der Waals surface area contributed by atoms with Gasteiger partial charge in [0.1, 0.15) is 18.3 Å². The van der Waals surface area contributed by atoms with Gasteiger partial charge < -0.3 is 10.2 Å². The number of rotatable bonds is 6. The Morgan fingerprint density at radius 3 is 2.88 bits per heavy atom. The van der Waals surface area contributed by atoms with E-state index in [0.29, 0.717) is 17.6 Å². The fourth-order valence-corrected chi connectivity index (χ4v) is 3.10. The summed E-state index contributed by atoms with van der Waals surface area (Å²) in [7, 11) is 1.73. The molecule has 24 heavy (non-hydrogen) atoms. The summed E-state index contributed by atoms with van der Waals surface area (Å²) in [5, 5.41) is 7.32. The molecule has 1 saturated heterocycles. The monoisotopic (exact) mass is 332 g/mol. The second-order valence-corrected chi connectivity index (χ2v) is 6.29. The van der Waals surface area contributed by atoms with E-state index in [4.69, 9.17) is 0 Å². The lowest BCUT2D eigenvalue weighted by molar-refractivity contribution is -0.121. The molecule has 0 radical (unpaired) electrons. The second-order valence-electron chi connectivity index (χ2n) is 6.29. The molecule has 2 aromatic heterocycles. The van der Waals surface area contributed by atoms with Gasteiger partial charge in [-0.3, -0.25) is 18.8 Å². The molecule has 1 aliphatic heterocycles. The normalized spacial score (nSPS) is 15.7. The molecule has 0 aliphatic carbocycles. The van der Waals surface area contributed by atoms with Crippen LogP contribution in [0.2, 0.25) is 0 Å². The van der Waals surface area contributed by atoms with Crippen molar-refractivity contribution in [3.8, 4) is 0 Å². The number of hydrogen-bond acceptors (Lipinski definition) is 5. The summed E-state index contributed by atoms with van der Waals surface area (Å²) in [4.78, 5) is 31.0. The smallest absolute Gasteiger partial charge is 0.264 e. The van der Waals surface area contributed by atoms with Crippen molar-refractivity contribution in [3.05, 3.63) is 22.9 Å². The third-order valence-electron chi connectivity index (χ3n) is 4.45. The van der Waals surface area contributed by atoms with Gasteiger partial charge in [-0.05, 0) is 38.9 Å². The number of likely N-dealkylation sites (tertiary alicyclic amines) is 1. The first kappa shape index (κ1) is 16.6. The molecule has 0 aromatic carbocycles. The van der Waals surface area contributed by atoms with Crippen LogP contribution in [0.25, 0.3) is 11.0 Å². The molecule has 0 bridgehead atoms. The number of hydrogen-bond donors (Lipinski definition) is 1. The average Bonchev–Trinajstić information content (AvgIpc) is 2.97. The quantitative estimate of drug-likeness (QED) is 0.760. The molecule has 1 N–H and O–H groups in total. The van der Waals surface area contributed by atoms with Crippen molar-refractivity contribution in [1.82, 2.24) is 29.5 Å². The fourth-order valence-electron chi connectivity index (χ4n) is 3.10. The summed E-state index contributed by atoms with van der Waals surface area (Å²) in [5.74, 6) is -0.166. The highest BCUT2D eigenvalue weighted by Crippen LogP contribution is 2.08. The molecule has 8 heteroatoms. The van der Waals surface area contributed by atoms with Crippen LogP contribution in [0.3, 0.4) is 0 Å². The molecular formula is C16H24N6O2. The van der Waals surface area contributed by atoms with E-state index >= 15 is 0 Å². The maximum atomic E-state index is 12.3. The summed E-state index contributed by atoms with van der Waals surface area (Å²) in [6, 6.07) is 0. The summed E-state index contributed by atoms with van der Waals surface area (Å²) >= 11 is 0. The lowest BCUT2D eigenvalue weighted by atomic mass is 10.1. The van der Waals surface area contributed by atoms with Crippen LogP contribution in [0, 0.1) is 0 Å². The van der Waals surface area contributed by atoms with Crippen LogP contribution in [0.15, 0.2) is 17.3 Å². The second kappa shape index (κ2) is 7.57. The number of amides is 1. The van der Waals surface area contributed by atoms with Crippen molar-refractivity contribution in [2.24, 2.45) is 7.05 Å². The molecular weight excluding hydrogens is 308 g/mol. The minimum absolute atomic E-state index is 0.0135. The van der Waals surface area contributed by atoms with Crippen molar-refractivity contribution in [2.45, 2.75) is 32.2 Å². The molecule has 0 unspecified atom stereocenters. The molecule has 1 fully saturated rings. The van der Waals surface area contributed by atoms with E-state index in [1.807, 2.05) is 0 Å². The summed E-state index contributed by atoms with van der Waals surface area (Å²) in [6.07, 6.45) is 7.70. The first-order valence-electron chi connectivity index (χ1n) is 8.51. The SMILES string of the molecule is Cn1ncc2c(=O)n(CC(=O)NCCCN3CCCCC3)cnc21. The fraction of sp³-hybridized carbons (Fsp3) is 0.625. The molecule has 130 valence electrons. The summed E-state index contributed by atoms with van der Waals surface area (Å²) in [5.41, 5.74) is 0.287. The van der Waals surface area contributed by atoms with Gasteiger partial charge in [-0.15, -0.1) is 0 Å². The summed E-state index contributed by atoms with van der Waals surface area (Å²) in [6.45, 7) is 3.97. The van der Waals surface area contributed by atoms with Gasteiger partial charge in [0, 0.05) is 13.6 Å². The van der Waals surface area contributed by atoms with Gasteiger partial charge in [0.15, 0.2) is 5.65 Å². The first-order chi connectivity index (χ1) is 11.6. The Hall–Kier alpha value is -2.22. The van der Waals surface area contributed by atoms with E-state index < -0.39 is 0 Å². The van der Waals surface area contributed by atoms with E-state index in [-0.39, 0.29) is 18.0 Å². The van der Waals surface area contributed by atoms with Gasteiger partial charge in [-0.25, -0.2) is 4.98 Å². The van der Waals surface area contributed by atoms with Gasteiger partial charge >= 0.3 is 0 Å². The third-order valence-corrected chi connectivity index (χ3v) is 4.45. The number of fused-ring (bicyclic) bond motifs is 1. The van der Waals surface area contributed by atoms with Gasteiger partial charge in [0.2, 0.25) is 5.91 Å². The molecule has 1 aliphatic rings. The van der Waals surface area contributed by atoms with Crippen LogP contribution in [0.1, 0.15) is 25.7 Å². The Morgan fingerprint density at radius 1 is 1.29 bits per heavy atom. The molecule has 2 aromatic rings. The maximum absolute atomic E-state index is 12.3. The number of nitrogens with zero attached hydrogens (tertiary/aromatic N) is 5. The summed E-state index contributed by atoms with van der Waals surface area (Å²) < 4.78 is 2.87. The molecule has 0 atom stereocenters. The predicted octanol–water partition coefficient (Wildman–Crippen LogP) is 0.122. The van der Waals surface area contributed by atoms with E-state index in [9.17, 15) is 9.59 Å². The average molecular weight is 332 g/mol. The van der Waals surface area contributed by atoms with Gasteiger partial charge in [0.05, 0.1) is 6.20 Å². The Labute approximate surface area is 140 Å². The van der Waals surface area contributed by atoms with Gasteiger partial charge in [-0.2, -0.15) is 5.10 Å². The van der Waals surface area contributed by atoms with Gasteiger partial charge in [0.25, 0.3) is 5.56 Å². The number of carbonyl (C=O) groups is 1. The highest BCUT2D eigenvalue weighted by molar-refractivity contribution is 5.77. The maximum Gasteiger partial charge on any atom is 0.264 e. The van der Waals surface area contributed by atoms with Crippen LogP contribution in [-0.2, 0) is 18.4 Å². The van der Waals surface area contributed by atoms with Crippen LogP contribution in [0.5, 0.6) is 0 Å². The zero-order chi connectivity index (χ0) is 16.9. The lowest BCUT2D eigenvalue weighted by Gasteiger charge is -2.26. The predicted molar refractivity (Wildman–Crippen MR) is 90.7 cm³/mol. The molecule has 3 heterocycles. The molecule has 8 nitrogen and oxygen atoms in total. The number of aryl methyl sites for hydroxylation is 1. The van der Waals surface area contributed by atoms with Crippen LogP contribution >= 0.6 is 0 Å². The topological polar surface area (TPSA) is 85.0 Å². The Balaban J connectivity index is 1.48. The van der Waals surface area contributed by atoms with Crippen LogP contribution < -0.4 is 10.9 Å². The largest absolute Gasteiger partial charge is 0.354 e. The van der Waals surface area contributed by atoms with Crippen LogP contribution in [-0.4, -0.2) is 56.3 Å². The number of carbonyl (C=O) groups excluding carboxylic acids is 1. The highest BCUT2D eigenvalue weighted by Gasteiger charge is 2.11. The zero-order valence-corrected chi connectivity index (χ0v) is 14.1.